The number of anilines is 1. The molecule has 0 bridgehead atoms. The van der Waals surface area contributed by atoms with Crippen LogP contribution in [0.4, 0.5) is 11.4 Å². The summed E-state index contributed by atoms with van der Waals surface area (Å²) in [6.07, 6.45) is 3.38. The Morgan fingerprint density at radius 1 is 1.13 bits per heavy atom. The van der Waals surface area contributed by atoms with Crippen molar-refractivity contribution in [2.45, 2.75) is 0 Å². The van der Waals surface area contributed by atoms with Crippen LogP contribution in [0.3, 0.4) is 0 Å². The van der Waals surface area contributed by atoms with Crippen LogP contribution < -0.4 is 10.9 Å². The van der Waals surface area contributed by atoms with Crippen LogP contribution in [-0.2, 0) is 0 Å². The van der Waals surface area contributed by atoms with Crippen molar-refractivity contribution in [3.63, 3.8) is 0 Å². The number of hydrogen-bond acceptors (Lipinski definition) is 4. The fourth-order valence-electron chi connectivity index (χ4n) is 1.57. The van der Waals surface area contributed by atoms with E-state index >= 15 is 0 Å². The van der Waals surface area contributed by atoms with Crippen LogP contribution >= 0.6 is 12.4 Å². The van der Waals surface area contributed by atoms with Crippen LogP contribution in [-0.4, -0.2) is 11.3 Å². The van der Waals surface area contributed by atoms with E-state index in [1.807, 2.05) is 24.3 Å². The van der Waals surface area contributed by atoms with Crippen LogP contribution in [0.5, 0.6) is 0 Å². The monoisotopic (exact) mass is 220 g/mol. The van der Waals surface area contributed by atoms with Crippen LogP contribution in [0.1, 0.15) is 0 Å². The zero-order valence-corrected chi connectivity index (χ0v) is 8.58. The Morgan fingerprint density at radius 2 is 2.00 bits per heavy atom. The molecule has 0 spiro atoms. The number of nitrogens with one attached hydrogen (secondary N) is 2. The third kappa shape index (κ3) is 1.49. The molecule has 0 fully saturated rings. The van der Waals surface area contributed by atoms with E-state index in [1.165, 1.54) is 0 Å². The summed E-state index contributed by atoms with van der Waals surface area (Å²) in [5, 5.41) is 1.08. The van der Waals surface area contributed by atoms with Gasteiger partial charge in [-0.15, -0.1) is 12.4 Å². The van der Waals surface area contributed by atoms with E-state index in [0.29, 0.717) is 0 Å². The van der Waals surface area contributed by atoms with Crippen LogP contribution in [0.25, 0.3) is 10.9 Å². The number of fused-ring (bicyclic) bond motifs is 3. The Morgan fingerprint density at radius 3 is 2.93 bits per heavy atom. The number of para-hydroxylation sites is 1. The SMILES string of the molecule is C1=Nc2cnc3ccccc3c2NN1.Cl. The Hall–Kier alpha value is -1.81. The highest BCUT2D eigenvalue weighted by atomic mass is 35.5. The second-order valence-electron chi connectivity index (χ2n) is 3.06. The Bertz CT molecular complexity index is 524. The molecule has 0 unspecified atom stereocenters. The van der Waals surface area contributed by atoms with Gasteiger partial charge in [0.25, 0.3) is 0 Å². The zero-order chi connectivity index (χ0) is 9.38. The molecule has 2 heterocycles. The second-order valence-corrected chi connectivity index (χ2v) is 3.06. The Kier molecular flexibility index (Phi) is 2.43. The molecule has 0 saturated carbocycles. The van der Waals surface area contributed by atoms with E-state index in [4.69, 9.17) is 0 Å². The van der Waals surface area contributed by atoms with Crippen molar-refractivity contribution in [2.24, 2.45) is 4.99 Å². The molecule has 0 aliphatic carbocycles. The summed E-state index contributed by atoms with van der Waals surface area (Å²) in [4.78, 5) is 8.49. The highest BCUT2D eigenvalue weighted by molar-refractivity contribution is 5.98. The van der Waals surface area contributed by atoms with E-state index in [-0.39, 0.29) is 12.4 Å². The highest BCUT2D eigenvalue weighted by Crippen LogP contribution is 2.31. The molecular weight excluding hydrogens is 212 g/mol. The average molecular weight is 221 g/mol. The molecule has 1 aromatic heterocycles. The molecule has 0 radical (unpaired) electrons. The number of pyridine rings is 1. The number of hydrazine groups is 1. The zero-order valence-electron chi connectivity index (χ0n) is 7.77. The van der Waals surface area contributed by atoms with Gasteiger partial charge in [0.1, 0.15) is 12.0 Å². The molecule has 1 aliphatic heterocycles. The van der Waals surface area contributed by atoms with Crippen molar-refractivity contribution < 1.29 is 0 Å². The summed E-state index contributed by atoms with van der Waals surface area (Å²) in [5.41, 5.74) is 8.75. The maximum Gasteiger partial charge on any atom is 0.109 e. The van der Waals surface area contributed by atoms with Crippen molar-refractivity contribution in [3.05, 3.63) is 30.5 Å². The lowest BCUT2D eigenvalue weighted by Crippen LogP contribution is -2.22. The van der Waals surface area contributed by atoms with Gasteiger partial charge in [-0.25, -0.2) is 4.99 Å². The number of benzene rings is 1. The van der Waals surface area contributed by atoms with Gasteiger partial charge in [-0.1, -0.05) is 18.2 Å². The first-order chi connectivity index (χ1) is 6.95. The topological polar surface area (TPSA) is 49.3 Å². The number of hydrogen-bond donors (Lipinski definition) is 2. The maximum atomic E-state index is 4.31. The van der Waals surface area contributed by atoms with Gasteiger partial charge in [-0.3, -0.25) is 15.8 Å². The fraction of sp³-hybridized carbons (Fsp3) is 0. The van der Waals surface area contributed by atoms with Crippen LogP contribution in [0.15, 0.2) is 35.5 Å². The molecule has 1 aromatic carbocycles. The standard InChI is InChI=1S/C10H8N4.ClH/c1-2-4-8-7(3-1)10-9(5-11-8)12-6-13-14-10;/h1-6,14H,(H,12,13);1H. The molecule has 3 rings (SSSR count). The second kappa shape index (κ2) is 3.74. The predicted molar refractivity (Wildman–Crippen MR) is 63.9 cm³/mol. The first kappa shape index (κ1) is 9.73. The fourth-order valence-corrected chi connectivity index (χ4v) is 1.57. The summed E-state index contributed by atoms with van der Waals surface area (Å²) in [6.45, 7) is 0. The number of rotatable bonds is 0. The molecule has 76 valence electrons. The molecule has 2 N–H and O–H groups in total. The number of halogens is 1. The smallest absolute Gasteiger partial charge is 0.109 e. The average Bonchev–Trinajstić information content (AvgIpc) is 2.29. The summed E-state index contributed by atoms with van der Waals surface area (Å²) < 4.78 is 0. The highest BCUT2D eigenvalue weighted by Gasteiger charge is 2.08. The number of nitrogens with zero attached hydrogens (tertiary/aromatic N) is 2. The number of aliphatic imine (C=N–C) groups is 1. The van der Waals surface area contributed by atoms with E-state index in [2.05, 4.69) is 20.8 Å². The van der Waals surface area contributed by atoms with Gasteiger partial charge in [-0.2, -0.15) is 0 Å². The minimum absolute atomic E-state index is 0. The van der Waals surface area contributed by atoms with E-state index < -0.39 is 0 Å². The minimum atomic E-state index is 0. The first-order valence-electron chi connectivity index (χ1n) is 4.37. The molecule has 0 amide bonds. The quantitative estimate of drug-likeness (QED) is 0.716. The lowest BCUT2D eigenvalue weighted by Gasteiger charge is -2.14. The molecule has 1 aliphatic rings. The molecule has 0 saturated heterocycles. The maximum absolute atomic E-state index is 4.31. The molecular formula is C10H9ClN4. The molecule has 2 aromatic rings. The summed E-state index contributed by atoms with van der Waals surface area (Å²) >= 11 is 0. The Balaban J connectivity index is 0.000000853. The van der Waals surface area contributed by atoms with E-state index in [1.54, 1.807) is 12.5 Å². The van der Waals surface area contributed by atoms with Crippen molar-refractivity contribution in [2.75, 3.05) is 5.43 Å². The summed E-state index contributed by atoms with van der Waals surface area (Å²) in [5.74, 6) is 0. The van der Waals surface area contributed by atoms with Crippen LogP contribution in [0.2, 0.25) is 0 Å². The largest absolute Gasteiger partial charge is 0.297 e. The third-order valence-electron chi connectivity index (χ3n) is 2.22. The lowest BCUT2D eigenvalue weighted by molar-refractivity contribution is 1.12. The Labute approximate surface area is 92.8 Å². The lowest BCUT2D eigenvalue weighted by atomic mass is 10.1. The van der Waals surface area contributed by atoms with Crippen molar-refractivity contribution in [1.29, 1.82) is 0 Å². The third-order valence-corrected chi connectivity index (χ3v) is 2.22. The van der Waals surface area contributed by atoms with Gasteiger partial charge in [0.2, 0.25) is 0 Å². The molecule has 0 atom stereocenters. The minimum Gasteiger partial charge on any atom is -0.297 e. The molecule has 4 nitrogen and oxygen atoms in total. The van der Waals surface area contributed by atoms with E-state index in [0.717, 1.165) is 22.3 Å². The van der Waals surface area contributed by atoms with Gasteiger partial charge >= 0.3 is 0 Å². The molecule has 15 heavy (non-hydrogen) atoms. The van der Waals surface area contributed by atoms with Crippen molar-refractivity contribution >= 4 is 41.0 Å². The van der Waals surface area contributed by atoms with Crippen molar-refractivity contribution in [1.82, 2.24) is 10.4 Å². The van der Waals surface area contributed by atoms with Gasteiger partial charge in [0.05, 0.1) is 17.4 Å². The first-order valence-corrected chi connectivity index (χ1v) is 4.37. The van der Waals surface area contributed by atoms with Gasteiger partial charge < -0.3 is 0 Å². The summed E-state index contributed by atoms with van der Waals surface area (Å²) in [6, 6.07) is 7.97. The molecule has 5 heteroatoms. The summed E-state index contributed by atoms with van der Waals surface area (Å²) in [7, 11) is 0. The van der Waals surface area contributed by atoms with Gasteiger partial charge in [-0.05, 0) is 6.07 Å². The van der Waals surface area contributed by atoms with Gasteiger partial charge in [0, 0.05) is 5.39 Å². The number of aromatic nitrogens is 1. The van der Waals surface area contributed by atoms with Crippen LogP contribution in [0, 0.1) is 0 Å². The predicted octanol–water partition coefficient (Wildman–Crippen LogP) is 2.25. The van der Waals surface area contributed by atoms with Crippen molar-refractivity contribution in [3.8, 4) is 0 Å². The van der Waals surface area contributed by atoms with Gasteiger partial charge in [0.15, 0.2) is 0 Å². The normalized spacial score (nSPS) is 12.3. The van der Waals surface area contributed by atoms with E-state index in [9.17, 15) is 0 Å².